The van der Waals surface area contributed by atoms with Crippen LogP contribution in [0.4, 0.5) is 5.82 Å². The van der Waals surface area contributed by atoms with E-state index in [2.05, 4.69) is 26.1 Å². The monoisotopic (exact) mass is 314 g/mol. The maximum Gasteiger partial charge on any atom is 0.213 e. The van der Waals surface area contributed by atoms with Crippen LogP contribution in [-0.4, -0.2) is 44.9 Å². The summed E-state index contributed by atoms with van der Waals surface area (Å²) in [5.41, 5.74) is 0.957. The number of hydrogen-bond donors (Lipinski definition) is 0. The zero-order valence-corrected chi connectivity index (χ0v) is 13.3. The molecule has 6 heteroatoms. The molecule has 2 saturated heterocycles. The maximum absolute atomic E-state index is 5.98. The van der Waals surface area contributed by atoms with Crippen LogP contribution in [0, 0.1) is 6.92 Å². The first-order valence-electron chi connectivity index (χ1n) is 7.49. The average molecular weight is 314 g/mol. The van der Waals surface area contributed by atoms with Gasteiger partial charge in [-0.15, -0.1) is 16.9 Å². The predicted molar refractivity (Wildman–Crippen MR) is 87.4 cm³/mol. The van der Waals surface area contributed by atoms with Crippen LogP contribution in [-0.2, 0) is 0 Å². The summed E-state index contributed by atoms with van der Waals surface area (Å²) in [6.45, 7) is 4.01. The van der Waals surface area contributed by atoms with Crippen molar-refractivity contribution >= 4 is 17.6 Å². The van der Waals surface area contributed by atoms with Crippen molar-refractivity contribution < 1.29 is 4.74 Å². The fourth-order valence-electron chi connectivity index (χ4n) is 3.06. The van der Waals surface area contributed by atoms with E-state index in [1.807, 2.05) is 43.0 Å². The van der Waals surface area contributed by atoms with Crippen LogP contribution in [0.2, 0.25) is 0 Å². The highest BCUT2D eigenvalue weighted by atomic mass is 32.2. The molecule has 0 amide bonds. The van der Waals surface area contributed by atoms with E-state index in [4.69, 9.17) is 4.74 Å². The number of aryl methyl sites for hydroxylation is 1. The summed E-state index contributed by atoms with van der Waals surface area (Å²) in [5.74, 6) is 2.74. The SMILES string of the molecule is Cc1ccc(N2CC3(C[C@H](Oc4ccccn4)CS3)C2)nn1. The van der Waals surface area contributed by atoms with Crippen molar-refractivity contribution in [1.82, 2.24) is 15.2 Å². The summed E-state index contributed by atoms with van der Waals surface area (Å²) in [6.07, 6.45) is 3.10. The Bertz CT molecular complexity index is 643. The lowest BCUT2D eigenvalue weighted by Crippen LogP contribution is -2.59. The number of ether oxygens (including phenoxy) is 1. The van der Waals surface area contributed by atoms with Gasteiger partial charge in [0.2, 0.25) is 5.88 Å². The lowest BCUT2D eigenvalue weighted by Gasteiger charge is -2.47. The van der Waals surface area contributed by atoms with Gasteiger partial charge in [-0.3, -0.25) is 0 Å². The minimum Gasteiger partial charge on any atom is -0.473 e. The van der Waals surface area contributed by atoms with Crippen LogP contribution in [0.5, 0.6) is 5.88 Å². The molecule has 2 fully saturated rings. The lowest BCUT2D eigenvalue weighted by molar-refractivity contribution is 0.194. The summed E-state index contributed by atoms with van der Waals surface area (Å²) >= 11 is 2.02. The standard InChI is InChI=1S/C16H18N4OS/c1-12-5-6-14(19-18-12)20-10-16(11-20)8-13(9-22-16)21-15-4-2-3-7-17-15/h2-7,13H,8-11H2,1H3/t13-/m0/s1. The Morgan fingerprint density at radius 2 is 2.14 bits per heavy atom. The zero-order chi connectivity index (χ0) is 15.0. The largest absolute Gasteiger partial charge is 0.473 e. The average Bonchev–Trinajstić information content (AvgIpc) is 2.92. The smallest absolute Gasteiger partial charge is 0.213 e. The van der Waals surface area contributed by atoms with Gasteiger partial charge in [0.25, 0.3) is 0 Å². The van der Waals surface area contributed by atoms with Crippen LogP contribution in [0.15, 0.2) is 36.5 Å². The molecule has 0 N–H and O–H groups in total. The molecule has 0 unspecified atom stereocenters. The molecule has 2 aromatic rings. The molecule has 5 nitrogen and oxygen atoms in total. The van der Waals surface area contributed by atoms with Gasteiger partial charge in [-0.2, -0.15) is 5.10 Å². The quantitative estimate of drug-likeness (QED) is 0.866. The fourth-order valence-corrected chi connectivity index (χ4v) is 4.58. The van der Waals surface area contributed by atoms with Crippen LogP contribution >= 0.6 is 11.8 Å². The molecule has 2 aliphatic rings. The Kier molecular flexibility index (Phi) is 3.41. The molecule has 114 valence electrons. The molecule has 4 rings (SSSR count). The Morgan fingerprint density at radius 1 is 1.23 bits per heavy atom. The van der Waals surface area contributed by atoms with E-state index in [-0.39, 0.29) is 6.10 Å². The number of anilines is 1. The van der Waals surface area contributed by atoms with Crippen LogP contribution in [0.3, 0.4) is 0 Å². The summed E-state index contributed by atoms with van der Waals surface area (Å²) in [6, 6.07) is 9.86. The Balaban J connectivity index is 1.35. The number of pyridine rings is 1. The van der Waals surface area contributed by atoms with Crippen molar-refractivity contribution in [1.29, 1.82) is 0 Å². The molecule has 2 aromatic heterocycles. The van der Waals surface area contributed by atoms with Crippen molar-refractivity contribution in [2.45, 2.75) is 24.2 Å². The van der Waals surface area contributed by atoms with E-state index in [0.717, 1.165) is 42.7 Å². The number of rotatable bonds is 3. The van der Waals surface area contributed by atoms with Crippen molar-refractivity contribution in [2.75, 3.05) is 23.7 Å². The molecule has 4 heterocycles. The van der Waals surface area contributed by atoms with Gasteiger partial charge in [0.15, 0.2) is 5.82 Å². The Hall–Kier alpha value is -1.82. The van der Waals surface area contributed by atoms with Gasteiger partial charge in [0.1, 0.15) is 6.10 Å². The van der Waals surface area contributed by atoms with Crippen molar-refractivity contribution in [3.8, 4) is 5.88 Å². The van der Waals surface area contributed by atoms with E-state index in [1.165, 1.54) is 0 Å². The maximum atomic E-state index is 5.98. The minimum atomic E-state index is 0.256. The first-order chi connectivity index (χ1) is 10.7. The van der Waals surface area contributed by atoms with Crippen LogP contribution in [0.25, 0.3) is 0 Å². The summed E-state index contributed by atoms with van der Waals surface area (Å²) < 4.78 is 6.30. The van der Waals surface area contributed by atoms with Gasteiger partial charge in [0.05, 0.1) is 10.4 Å². The topological polar surface area (TPSA) is 51.1 Å². The number of aromatic nitrogens is 3. The number of nitrogens with zero attached hydrogens (tertiary/aromatic N) is 4. The molecule has 0 radical (unpaired) electrons. The molecule has 22 heavy (non-hydrogen) atoms. The molecular weight excluding hydrogens is 296 g/mol. The van der Waals surface area contributed by atoms with Gasteiger partial charge in [-0.1, -0.05) is 6.07 Å². The first-order valence-corrected chi connectivity index (χ1v) is 8.48. The fraction of sp³-hybridized carbons (Fsp3) is 0.438. The number of hydrogen-bond acceptors (Lipinski definition) is 6. The second-order valence-corrected chi connectivity index (χ2v) is 7.48. The molecule has 0 aromatic carbocycles. The Labute approximate surface area is 134 Å². The highest BCUT2D eigenvalue weighted by molar-refractivity contribution is 8.01. The molecule has 0 bridgehead atoms. The molecule has 0 aliphatic carbocycles. The van der Waals surface area contributed by atoms with Gasteiger partial charge in [-0.25, -0.2) is 4.98 Å². The van der Waals surface area contributed by atoms with Gasteiger partial charge >= 0.3 is 0 Å². The third kappa shape index (κ3) is 2.63. The highest BCUT2D eigenvalue weighted by Gasteiger charge is 2.50. The van der Waals surface area contributed by atoms with E-state index in [9.17, 15) is 0 Å². The van der Waals surface area contributed by atoms with Gasteiger partial charge in [0, 0.05) is 37.5 Å². The van der Waals surface area contributed by atoms with E-state index in [0.29, 0.717) is 4.75 Å². The van der Waals surface area contributed by atoms with Crippen molar-refractivity contribution in [3.05, 3.63) is 42.2 Å². The molecule has 2 aliphatic heterocycles. The third-order valence-corrected chi connectivity index (χ3v) is 5.74. The van der Waals surface area contributed by atoms with Crippen LogP contribution in [0.1, 0.15) is 12.1 Å². The number of thioether (sulfide) groups is 1. The second-order valence-electron chi connectivity index (χ2n) is 5.99. The van der Waals surface area contributed by atoms with E-state index in [1.54, 1.807) is 6.20 Å². The van der Waals surface area contributed by atoms with E-state index < -0.39 is 0 Å². The molecule has 1 atom stereocenters. The summed E-state index contributed by atoms with van der Waals surface area (Å²) in [5, 5.41) is 8.40. The van der Waals surface area contributed by atoms with Crippen LogP contribution < -0.4 is 9.64 Å². The summed E-state index contributed by atoms with van der Waals surface area (Å²) in [4.78, 5) is 6.54. The van der Waals surface area contributed by atoms with Crippen molar-refractivity contribution in [2.24, 2.45) is 0 Å². The molecule has 0 saturated carbocycles. The third-order valence-electron chi connectivity index (χ3n) is 4.17. The van der Waals surface area contributed by atoms with Gasteiger partial charge < -0.3 is 9.64 Å². The lowest BCUT2D eigenvalue weighted by atomic mass is 9.93. The highest BCUT2D eigenvalue weighted by Crippen LogP contribution is 2.46. The molecular formula is C16H18N4OS. The zero-order valence-electron chi connectivity index (χ0n) is 12.5. The summed E-state index contributed by atoms with van der Waals surface area (Å²) in [7, 11) is 0. The normalized spacial score (nSPS) is 22.6. The van der Waals surface area contributed by atoms with Gasteiger partial charge in [-0.05, 0) is 25.1 Å². The predicted octanol–water partition coefficient (Wildman–Crippen LogP) is 2.32. The minimum absolute atomic E-state index is 0.256. The van der Waals surface area contributed by atoms with Crippen molar-refractivity contribution in [3.63, 3.8) is 0 Å². The second kappa shape index (κ2) is 5.43. The van der Waals surface area contributed by atoms with E-state index >= 15 is 0 Å². The Morgan fingerprint density at radius 3 is 2.86 bits per heavy atom. The first kappa shape index (κ1) is 13.8. The molecule has 1 spiro atoms.